The smallest absolute Gasteiger partial charge is 0.193 e. The van der Waals surface area contributed by atoms with Crippen molar-refractivity contribution in [3.05, 3.63) is 28.2 Å². The Kier molecular flexibility index (Phi) is 6.26. The quantitative estimate of drug-likeness (QED) is 0.487. The maximum atomic E-state index is 4.85. The topological polar surface area (TPSA) is 43.8 Å². The molecule has 0 bridgehead atoms. The predicted molar refractivity (Wildman–Crippen MR) is 102 cm³/mol. The standard InChI is InChI=1S/C18H29N5S/c1-3-16-13-21-17(24-16)7-9-20-18(19-4-2)23-12-8-15(14-23)22-10-5-6-11-22/h5-6,13,15H,3-4,7-12,14H2,1-2H3,(H,19,20). The predicted octanol–water partition coefficient (Wildman–Crippen LogP) is 2.16. The van der Waals surface area contributed by atoms with Crippen LogP contribution in [0, 0.1) is 0 Å². The Morgan fingerprint density at radius 2 is 2.21 bits per heavy atom. The minimum Gasteiger partial charge on any atom is -0.357 e. The number of hydrogen-bond donors (Lipinski definition) is 1. The van der Waals surface area contributed by atoms with E-state index in [1.165, 1.54) is 16.3 Å². The van der Waals surface area contributed by atoms with Gasteiger partial charge in [-0.2, -0.15) is 0 Å². The normalized spacial score (nSPS) is 21.8. The Balaban J connectivity index is 1.53. The molecule has 0 aromatic carbocycles. The van der Waals surface area contributed by atoms with Gasteiger partial charge >= 0.3 is 0 Å². The van der Waals surface area contributed by atoms with Crippen LogP contribution >= 0.6 is 11.3 Å². The van der Waals surface area contributed by atoms with Crippen LogP contribution < -0.4 is 5.32 Å². The van der Waals surface area contributed by atoms with Crippen molar-refractivity contribution >= 4 is 17.3 Å². The highest BCUT2D eigenvalue weighted by molar-refractivity contribution is 7.11. The molecule has 1 saturated heterocycles. The maximum Gasteiger partial charge on any atom is 0.193 e. The molecular formula is C18H29N5S. The Bertz CT molecular complexity index is 572. The molecule has 132 valence electrons. The molecule has 0 spiro atoms. The Morgan fingerprint density at radius 1 is 1.38 bits per heavy atom. The fraction of sp³-hybridized carbons (Fsp3) is 0.667. The molecule has 1 aromatic heterocycles. The third-order valence-corrected chi connectivity index (χ3v) is 5.90. The lowest BCUT2D eigenvalue weighted by Crippen LogP contribution is -2.43. The van der Waals surface area contributed by atoms with Gasteiger partial charge < -0.3 is 10.2 Å². The Hall–Kier alpha value is -1.40. The van der Waals surface area contributed by atoms with Crippen molar-refractivity contribution in [2.45, 2.75) is 39.2 Å². The molecule has 3 heterocycles. The second kappa shape index (κ2) is 8.62. The summed E-state index contributed by atoms with van der Waals surface area (Å²) >= 11 is 1.82. The van der Waals surface area contributed by atoms with Crippen molar-refractivity contribution in [2.75, 3.05) is 39.3 Å². The third kappa shape index (κ3) is 4.36. The van der Waals surface area contributed by atoms with Gasteiger partial charge in [-0.3, -0.25) is 9.89 Å². The Labute approximate surface area is 149 Å². The average molecular weight is 348 g/mol. The van der Waals surface area contributed by atoms with Crippen LogP contribution in [-0.4, -0.2) is 66.1 Å². The zero-order valence-corrected chi connectivity index (χ0v) is 15.7. The molecule has 1 fully saturated rings. The minimum atomic E-state index is 0.662. The number of hydrogen-bond acceptors (Lipinski definition) is 4. The molecular weight excluding hydrogens is 318 g/mol. The number of nitrogens with zero attached hydrogens (tertiary/aromatic N) is 4. The van der Waals surface area contributed by atoms with E-state index >= 15 is 0 Å². The van der Waals surface area contributed by atoms with E-state index in [4.69, 9.17) is 4.99 Å². The lowest BCUT2D eigenvalue weighted by molar-refractivity contribution is 0.259. The first kappa shape index (κ1) is 17.4. The molecule has 6 heteroatoms. The van der Waals surface area contributed by atoms with Crippen LogP contribution in [0.3, 0.4) is 0 Å². The van der Waals surface area contributed by atoms with Gasteiger partial charge in [-0.05, 0) is 19.8 Å². The van der Waals surface area contributed by atoms with Crippen molar-refractivity contribution in [2.24, 2.45) is 4.99 Å². The first-order valence-corrected chi connectivity index (χ1v) is 9.97. The summed E-state index contributed by atoms with van der Waals surface area (Å²) in [5.74, 6) is 1.07. The van der Waals surface area contributed by atoms with E-state index < -0.39 is 0 Å². The number of guanidine groups is 1. The highest BCUT2D eigenvalue weighted by Gasteiger charge is 2.29. The molecule has 2 aliphatic heterocycles. The maximum absolute atomic E-state index is 4.85. The summed E-state index contributed by atoms with van der Waals surface area (Å²) in [7, 11) is 0. The fourth-order valence-electron chi connectivity index (χ4n) is 3.34. The zero-order valence-electron chi connectivity index (χ0n) is 14.9. The summed E-state index contributed by atoms with van der Waals surface area (Å²) < 4.78 is 0. The van der Waals surface area contributed by atoms with Crippen molar-refractivity contribution in [1.29, 1.82) is 0 Å². The second-order valence-corrected chi connectivity index (χ2v) is 7.57. The number of aryl methyl sites for hydroxylation is 1. The van der Waals surface area contributed by atoms with Crippen molar-refractivity contribution < 1.29 is 0 Å². The summed E-state index contributed by atoms with van der Waals surface area (Å²) in [6, 6.07) is 0.662. The Morgan fingerprint density at radius 3 is 2.92 bits per heavy atom. The van der Waals surface area contributed by atoms with E-state index in [1.807, 2.05) is 17.5 Å². The zero-order chi connectivity index (χ0) is 16.8. The van der Waals surface area contributed by atoms with Gasteiger partial charge in [-0.25, -0.2) is 4.98 Å². The van der Waals surface area contributed by atoms with Crippen LogP contribution in [0.25, 0.3) is 0 Å². The van der Waals surface area contributed by atoms with Gasteiger partial charge in [0.05, 0.1) is 5.01 Å². The van der Waals surface area contributed by atoms with E-state index in [-0.39, 0.29) is 0 Å². The largest absolute Gasteiger partial charge is 0.357 e. The SMILES string of the molecule is CCNC(=NCCc1ncc(CC)s1)N1CCC(N2CC=CC2)C1. The van der Waals surface area contributed by atoms with E-state index in [2.05, 4.69) is 46.1 Å². The number of thiazole rings is 1. The number of nitrogens with one attached hydrogen (secondary N) is 1. The highest BCUT2D eigenvalue weighted by Crippen LogP contribution is 2.18. The number of aliphatic imine (C=N–C) groups is 1. The van der Waals surface area contributed by atoms with Gasteiger partial charge in [-0.1, -0.05) is 19.1 Å². The molecule has 0 aliphatic carbocycles. The van der Waals surface area contributed by atoms with Crippen LogP contribution in [0.5, 0.6) is 0 Å². The van der Waals surface area contributed by atoms with E-state index in [9.17, 15) is 0 Å². The molecule has 0 radical (unpaired) electrons. The van der Waals surface area contributed by atoms with Crippen LogP contribution in [0.15, 0.2) is 23.3 Å². The van der Waals surface area contributed by atoms with E-state index in [0.29, 0.717) is 6.04 Å². The molecule has 1 atom stereocenters. The average Bonchev–Trinajstić information content (AvgIpc) is 3.33. The van der Waals surface area contributed by atoms with Gasteiger partial charge in [0.1, 0.15) is 0 Å². The summed E-state index contributed by atoms with van der Waals surface area (Å²) in [4.78, 5) is 15.7. The monoisotopic (exact) mass is 347 g/mol. The molecule has 24 heavy (non-hydrogen) atoms. The molecule has 1 unspecified atom stereocenters. The lowest BCUT2D eigenvalue weighted by atomic mass is 10.2. The lowest BCUT2D eigenvalue weighted by Gasteiger charge is -2.25. The third-order valence-electron chi connectivity index (χ3n) is 4.70. The molecule has 5 nitrogen and oxygen atoms in total. The summed E-state index contributed by atoms with van der Waals surface area (Å²) in [6.07, 6.45) is 9.81. The van der Waals surface area contributed by atoms with Crippen molar-refractivity contribution in [3.63, 3.8) is 0 Å². The van der Waals surface area contributed by atoms with E-state index in [0.717, 1.165) is 58.1 Å². The van der Waals surface area contributed by atoms with Gasteiger partial charge in [-0.15, -0.1) is 11.3 Å². The molecule has 0 amide bonds. The molecule has 0 saturated carbocycles. The van der Waals surface area contributed by atoms with Crippen LogP contribution in [0.4, 0.5) is 0 Å². The van der Waals surface area contributed by atoms with Crippen molar-refractivity contribution in [1.82, 2.24) is 20.1 Å². The molecule has 2 aliphatic rings. The van der Waals surface area contributed by atoms with Crippen LogP contribution in [-0.2, 0) is 12.8 Å². The number of aromatic nitrogens is 1. The summed E-state index contributed by atoms with van der Waals surface area (Å²) in [5, 5.41) is 4.67. The molecule has 3 rings (SSSR count). The first-order chi connectivity index (χ1) is 11.8. The number of likely N-dealkylation sites (tertiary alicyclic amines) is 1. The van der Waals surface area contributed by atoms with Crippen molar-refractivity contribution in [3.8, 4) is 0 Å². The van der Waals surface area contributed by atoms with Crippen LogP contribution in [0.2, 0.25) is 0 Å². The summed E-state index contributed by atoms with van der Waals surface area (Å²) in [5.41, 5.74) is 0. The second-order valence-electron chi connectivity index (χ2n) is 6.37. The molecule has 1 aromatic rings. The summed E-state index contributed by atoms with van der Waals surface area (Å²) in [6.45, 7) is 10.5. The van der Waals surface area contributed by atoms with Crippen LogP contribution in [0.1, 0.15) is 30.2 Å². The van der Waals surface area contributed by atoms with Gasteiger partial charge in [0, 0.05) is 62.8 Å². The van der Waals surface area contributed by atoms with Gasteiger partial charge in [0.25, 0.3) is 0 Å². The minimum absolute atomic E-state index is 0.662. The first-order valence-electron chi connectivity index (χ1n) is 9.16. The van der Waals surface area contributed by atoms with Gasteiger partial charge in [0.2, 0.25) is 0 Å². The van der Waals surface area contributed by atoms with Gasteiger partial charge in [0.15, 0.2) is 5.96 Å². The fourth-order valence-corrected chi connectivity index (χ4v) is 4.19. The highest BCUT2D eigenvalue weighted by atomic mass is 32.1. The number of rotatable bonds is 6. The molecule has 1 N–H and O–H groups in total. The van der Waals surface area contributed by atoms with E-state index in [1.54, 1.807) is 0 Å².